The third-order valence-electron chi connectivity index (χ3n) is 4.41. The van der Waals surface area contributed by atoms with E-state index in [4.69, 9.17) is 0 Å². The van der Waals surface area contributed by atoms with Crippen LogP contribution in [-0.4, -0.2) is 30.5 Å². The van der Waals surface area contributed by atoms with Gasteiger partial charge in [-0.05, 0) is 43.2 Å². The molecule has 8 heteroatoms. The molecular weight excluding hydrogens is 356 g/mol. The molecule has 1 N–H and O–H groups in total. The molecule has 0 atom stereocenters. The van der Waals surface area contributed by atoms with Gasteiger partial charge in [0.05, 0.1) is 5.69 Å². The minimum atomic E-state index is -0.413. The molecule has 0 fully saturated rings. The van der Waals surface area contributed by atoms with E-state index in [2.05, 4.69) is 20.6 Å². The minimum absolute atomic E-state index is 0.118. The van der Waals surface area contributed by atoms with Gasteiger partial charge in [-0.2, -0.15) is 4.68 Å². The number of amides is 1. The number of aryl methyl sites for hydroxylation is 2. The van der Waals surface area contributed by atoms with Crippen molar-refractivity contribution in [2.75, 3.05) is 5.32 Å². The maximum atomic E-state index is 12.7. The maximum absolute atomic E-state index is 12.7. The summed E-state index contributed by atoms with van der Waals surface area (Å²) in [6, 6.07) is 15.1. The summed E-state index contributed by atoms with van der Waals surface area (Å²) in [6.45, 7) is 3.71. The van der Waals surface area contributed by atoms with Gasteiger partial charge in [-0.25, -0.2) is 4.98 Å². The van der Waals surface area contributed by atoms with Gasteiger partial charge in [0.2, 0.25) is 5.91 Å². The van der Waals surface area contributed by atoms with Crippen LogP contribution in [0.3, 0.4) is 0 Å². The van der Waals surface area contributed by atoms with Crippen LogP contribution in [0.2, 0.25) is 0 Å². The Morgan fingerprint density at radius 1 is 1.11 bits per heavy atom. The number of nitrogens with zero attached hydrogens (tertiary/aromatic N) is 5. The number of rotatable bonds is 4. The summed E-state index contributed by atoms with van der Waals surface area (Å²) in [7, 11) is 0. The fraction of sp³-hybridized carbons (Fsp3) is 0.150. The van der Waals surface area contributed by atoms with Crippen molar-refractivity contribution in [2.24, 2.45) is 0 Å². The fourth-order valence-electron chi connectivity index (χ4n) is 2.95. The van der Waals surface area contributed by atoms with E-state index in [0.717, 1.165) is 16.8 Å². The average molecular weight is 374 g/mol. The second-order valence-electron chi connectivity index (χ2n) is 6.55. The van der Waals surface area contributed by atoms with Crippen LogP contribution in [0.4, 0.5) is 5.69 Å². The predicted molar refractivity (Wildman–Crippen MR) is 105 cm³/mol. The summed E-state index contributed by atoms with van der Waals surface area (Å²) in [5.41, 5.74) is 3.53. The Morgan fingerprint density at radius 2 is 1.93 bits per heavy atom. The number of nitrogens with one attached hydrogen (secondary N) is 1. The monoisotopic (exact) mass is 374 g/mol. The number of carbonyl (C=O) groups excluding carboxylic acids is 1. The molecule has 2 heterocycles. The molecule has 0 aliphatic rings. The summed E-state index contributed by atoms with van der Waals surface area (Å²) >= 11 is 0. The first-order chi connectivity index (χ1) is 13.5. The fourth-order valence-corrected chi connectivity index (χ4v) is 2.95. The topological polar surface area (TPSA) is 94.7 Å². The van der Waals surface area contributed by atoms with Gasteiger partial charge in [-0.15, -0.1) is 5.10 Å². The Morgan fingerprint density at radius 3 is 2.71 bits per heavy atom. The highest BCUT2D eigenvalue weighted by atomic mass is 16.2. The number of hydrogen-bond donors (Lipinski definition) is 1. The van der Waals surface area contributed by atoms with Crippen molar-refractivity contribution < 1.29 is 4.79 Å². The zero-order valence-electron chi connectivity index (χ0n) is 15.5. The first-order valence-electron chi connectivity index (χ1n) is 8.76. The van der Waals surface area contributed by atoms with E-state index in [1.54, 1.807) is 0 Å². The lowest BCUT2D eigenvalue weighted by Gasteiger charge is -2.09. The molecule has 4 aromatic rings. The van der Waals surface area contributed by atoms with E-state index in [9.17, 15) is 9.59 Å². The molecule has 4 rings (SSSR count). The van der Waals surface area contributed by atoms with Crippen LogP contribution >= 0.6 is 0 Å². The molecule has 2 aromatic heterocycles. The number of para-hydroxylation sites is 1. The molecule has 0 radical (unpaired) electrons. The van der Waals surface area contributed by atoms with Crippen molar-refractivity contribution in [3.63, 3.8) is 0 Å². The van der Waals surface area contributed by atoms with Crippen LogP contribution in [0.5, 0.6) is 0 Å². The Hall–Kier alpha value is -3.81. The van der Waals surface area contributed by atoms with E-state index in [1.807, 2.05) is 62.4 Å². The zero-order chi connectivity index (χ0) is 19.7. The Balaban J connectivity index is 1.63. The summed E-state index contributed by atoms with van der Waals surface area (Å²) in [4.78, 5) is 29.4. The summed E-state index contributed by atoms with van der Waals surface area (Å²) < 4.78 is 2.74. The largest absolute Gasteiger partial charge is 0.324 e. The molecule has 8 nitrogen and oxygen atoms in total. The van der Waals surface area contributed by atoms with Gasteiger partial charge in [0, 0.05) is 5.69 Å². The van der Waals surface area contributed by atoms with E-state index < -0.39 is 5.56 Å². The van der Waals surface area contributed by atoms with E-state index in [1.165, 1.54) is 15.6 Å². The Labute approximate surface area is 160 Å². The van der Waals surface area contributed by atoms with Gasteiger partial charge in [0.25, 0.3) is 5.56 Å². The number of benzene rings is 2. The summed E-state index contributed by atoms with van der Waals surface area (Å²) in [6.07, 6.45) is 1.34. The molecule has 28 heavy (non-hydrogen) atoms. The SMILES string of the molecule is Cc1cccc(-n2nnc3c(=O)n(CC(=O)Nc4ccccc4C)cnc32)c1. The molecular formula is C20H18N6O2. The van der Waals surface area contributed by atoms with Gasteiger partial charge in [-0.3, -0.25) is 14.2 Å². The standard InChI is InChI=1S/C20H18N6O2/c1-13-6-5-8-15(10-13)26-19-18(23-24-26)20(28)25(12-21-19)11-17(27)22-16-9-4-3-7-14(16)2/h3-10,12H,11H2,1-2H3,(H,22,27). The lowest BCUT2D eigenvalue weighted by Crippen LogP contribution is -2.28. The number of fused-ring (bicyclic) bond motifs is 1. The van der Waals surface area contributed by atoms with Crippen molar-refractivity contribution >= 4 is 22.8 Å². The molecule has 0 bridgehead atoms. The van der Waals surface area contributed by atoms with Crippen LogP contribution in [0.1, 0.15) is 11.1 Å². The molecule has 0 aliphatic heterocycles. The Bertz CT molecular complexity index is 1240. The van der Waals surface area contributed by atoms with Crippen molar-refractivity contribution in [1.82, 2.24) is 24.5 Å². The molecule has 0 unspecified atom stereocenters. The number of aromatic nitrogens is 5. The minimum Gasteiger partial charge on any atom is -0.324 e. The van der Waals surface area contributed by atoms with E-state index in [0.29, 0.717) is 11.3 Å². The third kappa shape index (κ3) is 3.27. The lowest BCUT2D eigenvalue weighted by atomic mass is 10.2. The van der Waals surface area contributed by atoms with Gasteiger partial charge in [0.1, 0.15) is 12.9 Å². The average Bonchev–Trinajstić information content (AvgIpc) is 3.11. The van der Waals surface area contributed by atoms with Crippen LogP contribution in [0, 0.1) is 13.8 Å². The number of carbonyl (C=O) groups is 1. The van der Waals surface area contributed by atoms with Gasteiger partial charge in [0.15, 0.2) is 11.2 Å². The normalized spacial score (nSPS) is 10.9. The molecule has 0 aliphatic carbocycles. The lowest BCUT2D eigenvalue weighted by molar-refractivity contribution is -0.116. The molecule has 2 aromatic carbocycles. The second-order valence-corrected chi connectivity index (χ2v) is 6.55. The smallest absolute Gasteiger partial charge is 0.284 e. The predicted octanol–water partition coefficient (Wildman–Crippen LogP) is 2.23. The van der Waals surface area contributed by atoms with Crippen molar-refractivity contribution in [2.45, 2.75) is 20.4 Å². The molecule has 0 saturated heterocycles. The van der Waals surface area contributed by atoms with Gasteiger partial charge in [-0.1, -0.05) is 35.5 Å². The molecule has 0 saturated carbocycles. The van der Waals surface area contributed by atoms with Crippen molar-refractivity contribution in [3.05, 3.63) is 76.3 Å². The maximum Gasteiger partial charge on any atom is 0.284 e. The highest BCUT2D eigenvalue weighted by Crippen LogP contribution is 2.14. The molecule has 140 valence electrons. The quantitative estimate of drug-likeness (QED) is 0.591. The van der Waals surface area contributed by atoms with Crippen LogP contribution < -0.4 is 10.9 Å². The van der Waals surface area contributed by atoms with Gasteiger partial charge >= 0.3 is 0 Å². The summed E-state index contributed by atoms with van der Waals surface area (Å²) in [5.74, 6) is -0.316. The van der Waals surface area contributed by atoms with E-state index in [-0.39, 0.29) is 18.0 Å². The number of anilines is 1. The van der Waals surface area contributed by atoms with Crippen molar-refractivity contribution in [3.8, 4) is 5.69 Å². The van der Waals surface area contributed by atoms with Crippen LogP contribution in [0.25, 0.3) is 16.9 Å². The Kier molecular flexibility index (Phi) is 4.44. The van der Waals surface area contributed by atoms with Crippen LogP contribution in [0.15, 0.2) is 59.7 Å². The highest BCUT2D eigenvalue weighted by molar-refractivity contribution is 5.91. The van der Waals surface area contributed by atoms with Crippen LogP contribution in [-0.2, 0) is 11.3 Å². The first-order valence-corrected chi connectivity index (χ1v) is 8.76. The highest BCUT2D eigenvalue weighted by Gasteiger charge is 2.15. The number of hydrogen-bond acceptors (Lipinski definition) is 5. The third-order valence-corrected chi connectivity index (χ3v) is 4.41. The van der Waals surface area contributed by atoms with E-state index >= 15 is 0 Å². The second kappa shape index (κ2) is 7.07. The summed E-state index contributed by atoms with van der Waals surface area (Å²) in [5, 5.41) is 10.8. The molecule has 0 spiro atoms. The van der Waals surface area contributed by atoms with Gasteiger partial charge < -0.3 is 5.32 Å². The first kappa shape index (κ1) is 17.6. The molecule has 1 amide bonds. The zero-order valence-corrected chi connectivity index (χ0v) is 15.5. The van der Waals surface area contributed by atoms with Crippen molar-refractivity contribution in [1.29, 1.82) is 0 Å².